The highest BCUT2D eigenvalue weighted by molar-refractivity contribution is 6.30. The number of carboxylic acids is 1. The molecule has 0 heterocycles. The number of halogens is 1. The molecule has 0 saturated heterocycles. The Morgan fingerprint density at radius 2 is 2.00 bits per heavy atom. The van der Waals surface area contributed by atoms with Crippen LogP contribution in [0.1, 0.15) is 26.3 Å². The molecule has 1 atom stereocenters. The van der Waals surface area contributed by atoms with Crippen LogP contribution in [0.15, 0.2) is 24.3 Å². The number of carbonyl (C=O) groups excluding carboxylic acids is 1. The number of rotatable bonds is 4. The van der Waals surface area contributed by atoms with E-state index in [9.17, 15) is 9.59 Å². The minimum atomic E-state index is -1.06. The van der Waals surface area contributed by atoms with Crippen molar-refractivity contribution in [2.75, 3.05) is 0 Å². The van der Waals surface area contributed by atoms with E-state index in [1.165, 1.54) is 6.92 Å². The Kier molecular flexibility index (Phi) is 4.35. The van der Waals surface area contributed by atoms with Crippen LogP contribution in [0.2, 0.25) is 5.02 Å². The van der Waals surface area contributed by atoms with Crippen LogP contribution >= 0.6 is 11.6 Å². The van der Waals surface area contributed by atoms with Crippen molar-refractivity contribution in [3.05, 3.63) is 34.9 Å². The van der Waals surface area contributed by atoms with Gasteiger partial charge >= 0.3 is 5.97 Å². The van der Waals surface area contributed by atoms with E-state index in [0.29, 0.717) is 5.02 Å². The van der Waals surface area contributed by atoms with Gasteiger partial charge in [0.15, 0.2) is 0 Å². The first-order valence-electron chi connectivity index (χ1n) is 5.55. The third-order valence-corrected chi connectivity index (χ3v) is 3.07. The van der Waals surface area contributed by atoms with E-state index in [-0.39, 0.29) is 5.91 Å². The average molecular weight is 270 g/mol. The fraction of sp³-hybridized carbons (Fsp3) is 0.385. The van der Waals surface area contributed by atoms with Crippen molar-refractivity contribution in [2.45, 2.75) is 32.2 Å². The zero-order chi connectivity index (χ0) is 13.9. The molecule has 0 bridgehead atoms. The van der Waals surface area contributed by atoms with Gasteiger partial charge in [-0.05, 0) is 38.5 Å². The lowest BCUT2D eigenvalue weighted by atomic mass is 9.83. The number of hydrogen-bond acceptors (Lipinski definition) is 2. The summed E-state index contributed by atoms with van der Waals surface area (Å²) < 4.78 is 0. The Balaban J connectivity index is 2.92. The van der Waals surface area contributed by atoms with Crippen LogP contribution in [0.4, 0.5) is 0 Å². The van der Waals surface area contributed by atoms with Crippen LogP contribution in [0.5, 0.6) is 0 Å². The molecule has 18 heavy (non-hydrogen) atoms. The zero-order valence-electron chi connectivity index (χ0n) is 10.5. The SMILES string of the molecule is CC(NC(=O)C(C)(C)c1cccc(Cl)c1)C(=O)O. The van der Waals surface area contributed by atoms with Gasteiger partial charge in [-0.2, -0.15) is 0 Å². The zero-order valence-corrected chi connectivity index (χ0v) is 11.3. The molecule has 4 nitrogen and oxygen atoms in total. The second-order valence-electron chi connectivity index (χ2n) is 4.67. The third kappa shape index (κ3) is 3.23. The van der Waals surface area contributed by atoms with Gasteiger partial charge in [0.05, 0.1) is 5.41 Å². The number of hydrogen-bond donors (Lipinski definition) is 2. The molecule has 0 radical (unpaired) electrons. The number of carbonyl (C=O) groups is 2. The van der Waals surface area contributed by atoms with Gasteiger partial charge < -0.3 is 10.4 Å². The Bertz CT molecular complexity index is 471. The number of carboxylic acid groups (broad SMARTS) is 1. The molecule has 0 aliphatic carbocycles. The van der Waals surface area contributed by atoms with Crippen molar-refractivity contribution in [3.8, 4) is 0 Å². The summed E-state index contributed by atoms with van der Waals surface area (Å²) in [7, 11) is 0. The Morgan fingerprint density at radius 3 is 2.50 bits per heavy atom. The van der Waals surface area contributed by atoms with Gasteiger partial charge in [-0.3, -0.25) is 9.59 Å². The van der Waals surface area contributed by atoms with E-state index in [1.54, 1.807) is 38.1 Å². The average Bonchev–Trinajstić information content (AvgIpc) is 2.28. The highest BCUT2D eigenvalue weighted by Gasteiger charge is 2.31. The monoisotopic (exact) mass is 269 g/mol. The predicted octanol–water partition coefficient (Wildman–Crippen LogP) is 2.21. The quantitative estimate of drug-likeness (QED) is 0.881. The van der Waals surface area contributed by atoms with E-state index in [4.69, 9.17) is 16.7 Å². The smallest absolute Gasteiger partial charge is 0.325 e. The standard InChI is InChI=1S/C13H16ClNO3/c1-8(11(16)17)15-12(18)13(2,3)9-5-4-6-10(14)7-9/h4-8H,1-3H3,(H,15,18)(H,16,17). The molecule has 1 aromatic carbocycles. The third-order valence-electron chi connectivity index (χ3n) is 2.83. The summed E-state index contributed by atoms with van der Waals surface area (Å²) in [6.45, 7) is 4.87. The minimum Gasteiger partial charge on any atom is -0.480 e. The summed E-state index contributed by atoms with van der Waals surface area (Å²) in [6.07, 6.45) is 0. The van der Waals surface area contributed by atoms with Crippen molar-refractivity contribution in [2.24, 2.45) is 0 Å². The molecule has 0 fully saturated rings. The van der Waals surface area contributed by atoms with Crippen molar-refractivity contribution >= 4 is 23.5 Å². The van der Waals surface area contributed by atoms with Gasteiger partial charge in [-0.1, -0.05) is 23.7 Å². The molecular formula is C13H16ClNO3. The molecule has 1 amide bonds. The first kappa shape index (κ1) is 14.5. The van der Waals surface area contributed by atoms with Gasteiger partial charge in [0.25, 0.3) is 0 Å². The molecule has 1 rings (SSSR count). The van der Waals surface area contributed by atoms with Crippen LogP contribution in [0.3, 0.4) is 0 Å². The second-order valence-corrected chi connectivity index (χ2v) is 5.11. The highest BCUT2D eigenvalue weighted by Crippen LogP contribution is 2.25. The topological polar surface area (TPSA) is 66.4 Å². The molecule has 1 unspecified atom stereocenters. The van der Waals surface area contributed by atoms with Crippen LogP contribution in [0.25, 0.3) is 0 Å². The maximum atomic E-state index is 12.1. The predicted molar refractivity (Wildman–Crippen MR) is 69.7 cm³/mol. The van der Waals surface area contributed by atoms with Gasteiger partial charge in [0.1, 0.15) is 6.04 Å². The van der Waals surface area contributed by atoms with Crippen LogP contribution < -0.4 is 5.32 Å². The molecule has 0 aliphatic heterocycles. The van der Waals surface area contributed by atoms with Gasteiger partial charge in [0, 0.05) is 5.02 Å². The van der Waals surface area contributed by atoms with E-state index < -0.39 is 17.4 Å². The fourth-order valence-corrected chi connectivity index (χ4v) is 1.64. The number of aliphatic carboxylic acids is 1. The summed E-state index contributed by atoms with van der Waals surface area (Å²) >= 11 is 5.89. The maximum Gasteiger partial charge on any atom is 0.325 e. The van der Waals surface area contributed by atoms with Crippen molar-refractivity contribution in [1.82, 2.24) is 5.32 Å². The molecular weight excluding hydrogens is 254 g/mol. The van der Waals surface area contributed by atoms with Crippen molar-refractivity contribution in [3.63, 3.8) is 0 Å². The van der Waals surface area contributed by atoms with Gasteiger partial charge in [-0.15, -0.1) is 0 Å². The Morgan fingerprint density at radius 1 is 1.39 bits per heavy atom. The lowest BCUT2D eigenvalue weighted by Gasteiger charge is -2.25. The molecule has 2 N–H and O–H groups in total. The molecule has 0 saturated carbocycles. The van der Waals surface area contributed by atoms with Crippen molar-refractivity contribution < 1.29 is 14.7 Å². The molecule has 0 aromatic heterocycles. The molecule has 0 spiro atoms. The number of benzene rings is 1. The summed E-state index contributed by atoms with van der Waals surface area (Å²) in [5, 5.41) is 11.8. The number of amides is 1. The fourth-order valence-electron chi connectivity index (χ4n) is 1.45. The number of nitrogens with one attached hydrogen (secondary N) is 1. The Labute approximate surface area is 111 Å². The summed E-state index contributed by atoms with van der Waals surface area (Å²) in [6, 6.07) is 6.05. The molecule has 5 heteroatoms. The van der Waals surface area contributed by atoms with Crippen molar-refractivity contribution in [1.29, 1.82) is 0 Å². The van der Waals surface area contributed by atoms with E-state index in [2.05, 4.69) is 5.32 Å². The first-order valence-corrected chi connectivity index (χ1v) is 5.92. The highest BCUT2D eigenvalue weighted by atomic mass is 35.5. The summed E-state index contributed by atoms with van der Waals surface area (Å²) in [4.78, 5) is 22.8. The lowest BCUT2D eigenvalue weighted by Crippen LogP contribution is -2.47. The van der Waals surface area contributed by atoms with Gasteiger partial charge in [0.2, 0.25) is 5.91 Å². The normalized spacial score (nSPS) is 12.9. The molecule has 1 aromatic rings. The second kappa shape index (κ2) is 5.40. The summed E-state index contributed by atoms with van der Waals surface area (Å²) in [5.74, 6) is -1.41. The molecule has 0 aliphatic rings. The van der Waals surface area contributed by atoms with Crippen LogP contribution in [-0.4, -0.2) is 23.0 Å². The van der Waals surface area contributed by atoms with Crippen LogP contribution in [-0.2, 0) is 15.0 Å². The maximum absolute atomic E-state index is 12.1. The van der Waals surface area contributed by atoms with E-state index in [0.717, 1.165) is 5.56 Å². The largest absolute Gasteiger partial charge is 0.480 e. The first-order chi connectivity index (χ1) is 8.25. The van der Waals surface area contributed by atoms with E-state index in [1.807, 2.05) is 0 Å². The minimum absolute atomic E-state index is 0.348. The summed E-state index contributed by atoms with van der Waals surface area (Å²) in [5.41, 5.74) is -0.0979. The lowest BCUT2D eigenvalue weighted by molar-refractivity contribution is -0.142. The Hall–Kier alpha value is -1.55. The molecule has 98 valence electrons. The van der Waals surface area contributed by atoms with E-state index >= 15 is 0 Å². The van der Waals surface area contributed by atoms with Crippen LogP contribution in [0, 0.1) is 0 Å². The van der Waals surface area contributed by atoms with Gasteiger partial charge in [-0.25, -0.2) is 0 Å².